The summed E-state index contributed by atoms with van der Waals surface area (Å²) in [6, 6.07) is 7.60. The van der Waals surface area contributed by atoms with Crippen LogP contribution in [0.1, 0.15) is 31.3 Å². The van der Waals surface area contributed by atoms with Gasteiger partial charge in [-0.1, -0.05) is 26.0 Å². The van der Waals surface area contributed by atoms with Crippen molar-refractivity contribution in [2.24, 2.45) is 0 Å². The van der Waals surface area contributed by atoms with Crippen LogP contribution in [0.3, 0.4) is 0 Å². The molecule has 10 nitrogen and oxygen atoms in total. The van der Waals surface area contributed by atoms with E-state index in [2.05, 4.69) is 34.1 Å². The van der Waals surface area contributed by atoms with Crippen LogP contribution in [-0.4, -0.2) is 54.7 Å². The Bertz CT molecular complexity index is 1020. The number of para-hydroxylation sites is 2. The van der Waals surface area contributed by atoms with Gasteiger partial charge in [-0.2, -0.15) is 5.10 Å². The van der Waals surface area contributed by atoms with Gasteiger partial charge in [0.2, 0.25) is 11.6 Å². The van der Waals surface area contributed by atoms with Crippen LogP contribution in [-0.2, 0) is 13.1 Å². The standard InChI is InChI=1S/C19H25N7O3/c1-4-23(5-2)11-12-25-15-10-8-7-9-14(15)20-19(25)21-18(27)17-16(26(28)29)13-24(6-3)22-17/h7-10,13H,4-6,11-12H2,1-3H3,(H,20,21,27). The van der Waals surface area contributed by atoms with Crippen molar-refractivity contribution in [2.75, 3.05) is 25.0 Å². The lowest BCUT2D eigenvalue weighted by Crippen LogP contribution is -2.28. The maximum Gasteiger partial charge on any atom is 0.320 e. The number of amides is 1. The average molecular weight is 399 g/mol. The number of nitro groups is 1. The number of fused-ring (bicyclic) bond motifs is 1. The molecule has 154 valence electrons. The second-order valence-corrected chi connectivity index (χ2v) is 6.53. The lowest BCUT2D eigenvalue weighted by atomic mass is 10.3. The fraction of sp³-hybridized carbons (Fsp3) is 0.421. The van der Waals surface area contributed by atoms with Gasteiger partial charge < -0.3 is 9.47 Å². The van der Waals surface area contributed by atoms with Crippen LogP contribution in [0.2, 0.25) is 0 Å². The first-order chi connectivity index (χ1) is 14.0. The Hall–Kier alpha value is -3.27. The van der Waals surface area contributed by atoms with Crippen LogP contribution in [0.15, 0.2) is 30.5 Å². The van der Waals surface area contributed by atoms with Crippen molar-refractivity contribution in [1.82, 2.24) is 24.2 Å². The first kappa shape index (κ1) is 20.5. The molecule has 1 aromatic carbocycles. The summed E-state index contributed by atoms with van der Waals surface area (Å²) in [4.78, 5) is 30.3. The molecule has 0 saturated heterocycles. The van der Waals surface area contributed by atoms with Crippen LogP contribution in [0.4, 0.5) is 11.6 Å². The second-order valence-electron chi connectivity index (χ2n) is 6.53. The van der Waals surface area contributed by atoms with Gasteiger partial charge in [0.15, 0.2) is 0 Å². The molecule has 29 heavy (non-hydrogen) atoms. The number of carbonyl (C=O) groups excluding carboxylic acids is 1. The number of carbonyl (C=O) groups is 1. The molecule has 2 aromatic heterocycles. The molecule has 0 fully saturated rings. The van der Waals surface area contributed by atoms with Crippen molar-refractivity contribution >= 4 is 28.6 Å². The van der Waals surface area contributed by atoms with E-state index in [4.69, 9.17) is 0 Å². The topological polar surface area (TPSA) is 111 Å². The van der Waals surface area contributed by atoms with E-state index < -0.39 is 10.8 Å². The summed E-state index contributed by atoms with van der Waals surface area (Å²) in [6.45, 7) is 9.69. The van der Waals surface area contributed by atoms with Gasteiger partial charge in [0.05, 0.1) is 16.0 Å². The molecular formula is C19H25N7O3. The summed E-state index contributed by atoms with van der Waals surface area (Å²) in [6.07, 6.45) is 1.26. The quantitative estimate of drug-likeness (QED) is 0.437. The van der Waals surface area contributed by atoms with Gasteiger partial charge in [-0.25, -0.2) is 4.98 Å². The summed E-state index contributed by atoms with van der Waals surface area (Å²) in [5, 5.41) is 18.1. The number of likely N-dealkylation sites (N-methyl/N-ethyl adjacent to an activating group) is 1. The van der Waals surface area contributed by atoms with E-state index in [1.807, 2.05) is 28.8 Å². The Kier molecular flexibility index (Phi) is 6.23. The van der Waals surface area contributed by atoms with Crippen LogP contribution in [0, 0.1) is 10.1 Å². The van der Waals surface area contributed by atoms with E-state index in [-0.39, 0.29) is 11.4 Å². The molecule has 1 N–H and O–H groups in total. The fourth-order valence-corrected chi connectivity index (χ4v) is 3.21. The minimum absolute atomic E-state index is 0.223. The number of aromatic nitrogens is 4. The van der Waals surface area contributed by atoms with E-state index in [1.54, 1.807) is 6.92 Å². The summed E-state index contributed by atoms with van der Waals surface area (Å²) in [5.74, 6) is -0.299. The predicted octanol–water partition coefficient (Wildman–Crippen LogP) is 2.76. The van der Waals surface area contributed by atoms with Crippen LogP contribution in [0.25, 0.3) is 11.0 Å². The number of hydrogen-bond donors (Lipinski definition) is 1. The molecular weight excluding hydrogens is 374 g/mol. The number of nitrogens with zero attached hydrogens (tertiary/aromatic N) is 6. The molecule has 0 spiro atoms. The van der Waals surface area contributed by atoms with E-state index in [0.29, 0.717) is 19.0 Å². The number of imidazole rings is 1. The van der Waals surface area contributed by atoms with Gasteiger partial charge in [0.1, 0.15) is 6.20 Å². The highest BCUT2D eigenvalue weighted by Gasteiger charge is 2.26. The number of nitrogens with one attached hydrogen (secondary N) is 1. The Morgan fingerprint density at radius 3 is 2.62 bits per heavy atom. The van der Waals surface area contributed by atoms with Crippen LogP contribution < -0.4 is 5.32 Å². The van der Waals surface area contributed by atoms with Gasteiger partial charge in [-0.15, -0.1) is 0 Å². The number of anilines is 1. The lowest BCUT2D eigenvalue weighted by molar-refractivity contribution is -0.385. The van der Waals surface area contributed by atoms with Gasteiger partial charge in [-0.05, 0) is 32.1 Å². The fourth-order valence-electron chi connectivity index (χ4n) is 3.21. The lowest BCUT2D eigenvalue weighted by Gasteiger charge is -2.19. The monoisotopic (exact) mass is 399 g/mol. The maximum atomic E-state index is 12.8. The Balaban J connectivity index is 1.93. The molecule has 1 amide bonds. The smallest absolute Gasteiger partial charge is 0.309 e. The SMILES string of the molecule is CCN(CC)CCn1c(NC(=O)c2nn(CC)cc2[N+](=O)[O-])nc2ccccc21. The van der Waals surface area contributed by atoms with E-state index >= 15 is 0 Å². The number of rotatable bonds is 9. The highest BCUT2D eigenvalue weighted by molar-refractivity contribution is 6.05. The minimum atomic E-state index is -0.650. The van der Waals surface area contributed by atoms with Crippen molar-refractivity contribution in [1.29, 1.82) is 0 Å². The molecule has 0 atom stereocenters. The third kappa shape index (κ3) is 4.27. The highest BCUT2D eigenvalue weighted by atomic mass is 16.6. The van der Waals surface area contributed by atoms with Crippen molar-refractivity contribution < 1.29 is 9.72 Å². The number of aryl methyl sites for hydroxylation is 1. The summed E-state index contributed by atoms with van der Waals surface area (Å²) < 4.78 is 3.30. The molecule has 0 bridgehead atoms. The Morgan fingerprint density at radius 2 is 1.97 bits per heavy atom. The van der Waals surface area contributed by atoms with Gasteiger partial charge in [-0.3, -0.25) is 24.9 Å². The van der Waals surface area contributed by atoms with E-state index in [1.165, 1.54) is 10.9 Å². The largest absolute Gasteiger partial charge is 0.320 e. The van der Waals surface area contributed by atoms with Crippen molar-refractivity contribution in [3.05, 3.63) is 46.3 Å². The van der Waals surface area contributed by atoms with Crippen molar-refractivity contribution in [3.8, 4) is 0 Å². The third-order valence-corrected chi connectivity index (χ3v) is 4.89. The van der Waals surface area contributed by atoms with E-state index in [0.717, 1.165) is 30.7 Å². The second kappa shape index (κ2) is 8.82. The molecule has 3 rings (SSSR count). The van der Waals surface area contributed by atoms with Crippen LogP contribution >= 0.6 is 0 Å². The molecule has 2 heterocycles. The molecule has 3 aromatic rings. The number of benzene rings is 1. The van der Waals surface area contributed by atoms with Gasteiger partial charge >= 0.3 is 5.69 Å². The number of hydrogen-bond acceptors (Lipinski definition) is 6. The average Bonchev–Trinajstić information content (AvgIpc) is 3.30. The molecule has 0 aliphatic heterocycles. The van der Waals surface area contributed by atoms with Crippen LogP contribution in [0.5, 0.6) is 0 Å². The van der Waals surface area contributed by atoms with Crippen molar-refractivity contribution in [2.45, 2.75) is 33.9 Å². The van der Waals surface area contributed by atoms with E-state index in [9.17, 15) is 14.9 Å². The maximum absolute atomic E-state index is 12.8. The minimum Gasteiger partial charge on any atom is -0.309 e. The molecule has 0 radical (unpaired) electrons. The molecule has 0 aliphatic rings. The third-order valence-electron chi connectivity index (χ3n) is 4.89. The summed E-state index contributed by atoms with van der Waals surface area (Å²) in [5.41, 5.74) is 1.09. The first-order valence-electron chi connectivity index (χ1n) is 9.69. The summed E-state index contributed by atoms with van der Waals surface area (Å²) in [7, 11) is 0. The Morgan fingerprint density at radius 1 is 1.24 bits per heavy atom. The summed E-state index contributed by atoms with van der Waals surface area (Å²) >= 11 is 0. The predicted molar refractivity (Wildman–Crippen MR) is 110 cm³/mol. The van der Waals surface area contributed by atoms with Crippen molar-refractivity contribution in [3.63, 3.8) is 0 Å². The molecule has 10 heteroatoms. The molecule has 0 aliphatic carbocycles. The van der Waals surface area contributed by atoms with Gasteiger partial charge in [0, 0.05) is 19.6 Å². The van der Waals surface area contributed by atoms with Gasteiger partial charge in [0.25, 0.3) is 5.91 Å². The zero-order valence-corrected chi connectivity index (χ0v) is 16.8. The molecule has 0 unspecified atom stereocenters. The molecule has 0 saturated carbocycles. The zero-order valence-electron chi connectivity index (χ0n) is 16.8. The first-order valence-corrected chi connectivity index (χ1v) is 9.69. The zero-order chi connectivity index (χ0) is 21.0. The normalized spacial score (nSPS) is 11.3. The highest BCUT2D eigenvalue weighted by Crippen LogP contribution is 2.22. The Labute approximate surface area is 168 Å².